The minimum absolute atomic E-state index is 0.247. The second kappa shape index (κ2) is 8.01. The third-order valence-electron chi connectivity index (χ3n) is 4.37. The van der Waals surface area contributed by atoms with Gasteiger partial charge in [0.05, 0.1) is 28.5 Å². The van der Waals surface area contributed by atoms with Crippen LogP contribution in [-0.4, -0.2) is 26.0 Å². The maximum Gasteiger partial charge on any atom is 0.142 e. The van der Waals surface area contributed by atoms with Gasteiger partial charge < -0.3 is 22.6 Å². The number of hydrogen-bond donors (Lipinski definition) is 4. The molecule has 0 fully saturated rings. The molecular weight excluding hydrogens is 372 g/mol. The quantitative estimate of drug-likeness (QED) is 0.451. The van der Waals surface area contributed by atoms with Crippen molar-refractivity contribution in [1.29, 1.82) is 5.41 Å². The summed E-state index contributed by atoms with van der Waals surface area (Å²) in [7, 11) is 0. The highest BCUT2D eigenvalue weighted by Crippen LogP contribution is 2.35. The van der Waals surface area contributed by atoms with Gasteiger partial charge in [0.15, 0.2) is 0 Å². The summed E-state index contributed by atoms with van der Waals surface area (Å²) >= 11 is 1.50. The standard InChI is InChI=1S/C19H24N8S/c1-4-27-15(5-10(2)26-27)19-25-18(16(9-22)28-19)17-13(8-21)12(7-20)6-14(24-17)11(3)23/h5-6,8,21H,3-4,7,9,20,22-23H2,1-2H3. The first kappa shape index (κ1) is 19.9. The van der Waals surface area contributed by atoms with E-state index in [-0.39, 0.29) is 6.54 Å². The van der Waals surface area contributed by atoms with Crippen LogP contribution in [0.2, 0.25) is 0 Å². The van der Waals surface area contributed by atoms with Crippen LogP contribution >= 0.6 is 11.3 Å². The van der Waals surface area contributed by atoms with Crippen molar-refractivity contribution in [2.24, 2.45) is 17.2 Å². The van der Waals surface area contributed by atoms with E-state index in [0.717, 1.165) is 33.4 Å². The first-order valence-electron chi connectivity index (χ1n) is 8.87. The van der Waals surface area contributed by atoms with Crippen LogP contribution in [0.3, 0.4) is 0 Å². The lowest BCUT2D eigenvalue weighted by atomic mass is 10.0. The fourth-order valence-corrected chi connectivity index (χ4v) is 3.99. The number of nitrogens with two attached hydrogens (primary N) is 3. The maximum atomic E-state index is 7.88. The van der Waals surface area contributed by atoms with Gasteiger partial charge in [0.25, 0.3) is 0 Å². The van der Waals surface area contributed by atoms with E-state index in [2.05, 4.69) is 16.7 Å². The molecule has 0 unspecified atom stereocenters. The molecule has 3 aromatic rings. The summed E-state index contributed by atoms with van der Waals surface area (Å²) in [6.07, 6.45) is 1.24. The van der Waals surface area contributed by atoms with Gasteiger partial charge in [0.1, 0.15) is 10.7 Å². The summed E-state index contributed by atoms with van der Waals surface area (Å²) in [5.41, 5.74) is 23.0. The molecule has 0 aliphatic heterocycles. The SMILES string of the molecule is C=C(N)c1cc(CN)c(C=N)c(-c2nc(-c3cc(C)nn3CC)sc2CN)n1. The van der Waals surface area contributed by atoms with E-state index in [4.69, 9.17) is 27.6 Å². The van der Waals surface area contributed by atoms with Crippen LogP contribution in [0.15, 0.2) is 18.7 Å². The van der Waals surface area contributed by atoms with Crippen LogP contribution in [0.5, 0.6) is 0 Å². The lowest BCUT2D eigenvalue weighted by molar-refractivity contribution is 0.660. The molecule has 8 nitrogen and oxygen atoms in total. The maximum absolute atomic E-state index is 7.88. The van der Waals surface area contributed by atoms with Crippen molar-refractivity contribution in [2.75, 3.05) is 0 Å². The summed E-state index contributed by atoms with van der Waals surface area (Å²) in [4.78, 5) is 10.3. The third-order valence-corrected chi connectivity index (χ3v) is 5.47. The molecule has 0 atom stereocenters. The van der Waals surface area contributed by atoms with Crippen molar-refractivity contribution >= 4 is 23.2 Å². The van der Waals surface area contributed by atoms with E-state index in [1.54, 1.807) is 6.07 Å². The van der Waals surface area contributed by atoms with Crippen molar-refractivity contribution in [3.8, 4) is 22.1 Å². The van der Waals surface area contributed by atoms with Crippen molar-refractivity contribution in [3.05, 3.63) is 46.1 Å². The van der Waals surface area contributed by atoms with Crippen LogP contribution < -0.4 is 17.2 Å². The van der Waals surface area contributed by atoms with Gasteiger partial charge in [0, 0.05) is 36.3 Å². The smallest absolute Gasteiger partial charge is 0.142 e. The van der Waals surface area contributed by atoms with Gasteiger partial charge in [-0.25, -0.2) is 9.97 Å². The predicted octanol–water partition coefficient (Wildman–Crippen LogP) is 2.24. The van der Waals surface area contributed by atoms with Gasteiger partial charge in [-0.3, -0.25) is 4.68 Å². The fraction of sp³-hybridized carbons (Fsp3) is 0.263. The Morgan fingerprint density at radius 3 is 2.57 bits per heavy atom. The fourth-order valence-electron chi connectivity index (χ4n) is 3.03. The monoisotopic (exact) mass is 396 g/mol. The summed E-state index contributed by atoms with van der Waals surface area (Å²) < 4.78 is 1.91. The molecule has 7 N–H and O–H groups in total. The predicted molar refractivity (Wildman–Crippen MR) is 114 cm³/mol. The van der Waals surface area contributed by atoms with Crippen molar-refractivity contribution in [2.45, 2.75) is 33.5 Å². The number of aromatic nitrogens is 4. The zero-order chi connectivity index (χ0) is 20.4. The highest BCUT2D eigenvalue weighted by atomic mass is 32.1. The average Bonchev–Trinajstić information content (AvgIpc) is 3.29. The molecule has 146 valence electrons. The number of nitrogens with one attached hydrogen (secondary N) is 1. The molecule has 0 amide bonds. The molecule has 0 aliphatic carbocycles. The Labute approximate surface area is 167 Å². The minimum Gasteiger partial charge on any atom is -0.397 e. The summed E-state index contributed by atoms with van der Waals surface area (Å²) in [6.45, 7) is 9.05. The molecule has 0 bridgehead atoms. The summed E-state index contributed by atoms with van der Waals surface area (Å²) in [6, 6.07) is 3.76. The molecule has 28 heavy (non-hydrogen) atoms. The second-order valence-corrected chi connectivity index (χ2v) is 7.37. The third kappa shape index (κ3) is 3.47. The molecule has 3 aromatic heterocycles. The minimum atomic E-state index is 0.247. The molecule has 0 spiro atoms. The molecule has 0 aliphatic rings. The Kier molecular flexibility index (Phi) is 5.68. The Morgan fingerprint density at radius 2 is 2.00 bits per heavy atom. The van der Waals surface area contributed by atoms with E-state index < -0.39 is 0 Å². The van der Waals surface area contributed by atoms with Crippen LogP contribution in [0.25, 0.3) is 27.8 Å². The molecule has 0 saturated heterocycles. The van der Waals surface area contributed by atoms with Gasteiger partial charge in [-0.1, -0.05) is 6.58 Å². The van der Waals surface area contributed by atoms with Gasteiger partial charge >= 0.3 is 0 Å². The first-order valence-corrected chi connectivity index (χ1v) is 9.69. The summed E-state index contributed by atoms with van der Waals surface area (Å²) in [5.74, 6) is 0. The van der Waals surface area contributed by atoms with E-state index >= 15 is 0 Å². The topological polar surface area (TPSA) is 146 Å². The highest BCUT2D eigenvalue weighted by Gasteiger charge is 2.21. The van der Waals surface area contributed by atoms with E-state index in [1.807, 2.05) is 24.6 Å². The van der Waals surface area contributed by atoms with Crippen LogP contribution in [0.1, 0.15) is 34.3 Å². The number of hydrogen-bond acceptors (Lipinski definition) is 8. The number of pyridine rings is 1. The largest absolute Gasteiger partial charge is 0.397 e. The van der Waals surface area contributed by atoms with Crippen molar-refractivity contribution in [1.82, 2.24) is 19.7 Å². The van der Waals surface area contributed by atoms with Gasteiger partial charge in [-0.2, -0.15) is 5.10 Å². The van der Waals surface area contributed by atoms with Crippen LogP contribution in [0, 0.1) is 12.3 Å². The van der Waals surface area contributed by atoms with Crippen molar-refractivity contribution < 1.29 is 0 Å². The van der Waals surface area contributed by atoms with E-state index in [1.165, 1.54) is 17.6 Å². The molecule has 3 rings (SSSR count). The number of rotatable bonds is 7. The molecule has 0 aromatic carbocycles. The van der Waals surface area contributed by atoms with Gasteiger partial charge in [0.2, 0.25) is 0 Å². The Morgan fingerprint density at radius 1 is 1.25 bits per heavy atom. The number of thiazole rings is 1. The van der Waals surface area contributed by atoms with Gasteiger partial charge in [-0.05, 0) is 31.5 Å². The molecule has 0 radical (unpaired) electrons. The molecular formula is C19H24N8S. The highest BCUT2D eigenvalue weighted by molar-refractivity contribution is 7.15. The van der Waals surface area contributed by atoms with Crippen LogP contribution in [0.4, 0.5) is 0 Å². The van der Waals surface area contributed by atoms with Crippen molar-refractivity contribution in [3.63, 3.8) is 0 Å². The number of aryl methyl sites for hydroxylation is 2. The molecule has 9 heteroatoms. The Hall–Kier alpha value is -2.88. The molecule has 3 heterocycles. The zero-order valence-corrected chi connectivity index (χ0v) is 16.8. The Bertz CT molecular complexity index is 1050. The number of nitrogens with zero attached hydrogens (tertiary/aromatic N) is 4. The average molecular weight is 397 g/mol. The Balaban J connectivity index is 2.27. The zero-order valence-electron chi connectivity index (χ0n) is 16.0. The second-order valence-electron chi connectivity index (χ2n) is 6.28. The lowest BCUT2D eigenvalue weighted by Gasteiger charge is -2.12. The first-order chi connectivity index (χ1) is 13.4. The van der Waals surface area contributed by atoms with Gasteiger partial charge in [-0.15, -0.1) is 11.3 Å². The lowest BCUT2D eigenvalue weighted by Crippen LogP contribution is -2.10. The summed E-state index contributed by atoms with van der Waals surface area (Å²) in [5, 5.41) is 13.2. The van der Waals surface area contributed by atoms with E-state index in [9.17, 15) is 0 Å². The van der Waals surface area contributed by atoms with E-state index in [0.29, 0.717) is 34.9 Å². The van der Waals surface area contributed by atoms with Crippen LogP contribution in [-0.2, 0) is 19.6 Å². The molecule has 0 saturated carbocycles. The normalized spacial score (nSPS) is 11.0.